The fraction of sp³-hybridized carbons (Fsp3) is 0.533. The third-order valence-electron chi connectivity index (χ3n) is 2.63. The smallest absolute Gasteiger partial charge is 0.407 e. The number of phenolic OH excluding ortho intramolecular Hbond substituents is 1. The summed E-state index contributed by atoms with van der Waals surface area (Å²) in [7, 11) is 0. The van der Waals surface area contributed by atoms with E-state index >= 15 is 0 Å². The van der Waals surface area contributed by atoms with E-state index in [4.69, 9.17) is 4.74 Å². The van der Waals surface area contributed by atoms with Crippen molar-refractivity contribution in [3.05, 3.63) is 29.8 Å². The molecule has 106 valence electrons. The Morgan fingerprint density at radius 2 is 1.89 bits per heavy atom. The molecule has 1 rings (SSSR count). The second-order valence-electron chi connectivity index (χ2n) is 5.62. The summed E-state index contributed by atoms with van der Waals surface area (Å²) < 4.78 is 5.24. The number of nitrogens with one attached hydrogen (secondary N) is 1. The van der Waals surface area contributed by atoms with Crippen molar-refractivity contribution < 1.29 is 14.6 Å². The molecule has 2 N–H and O–H groups in total. The third kappa shape index (κ3) is 6.13. The van der Waals surface area contributed by atoms with E-state index in [1.165, 1.54) is 0 Å². The Bertz CT molecular complexity index is 406. The number of alkyl carbamates (subject to hydrolysis) is 1. The van der Waals surface area contributed by atoms with Crippen LogP contribution in [-0.4, -0.2) is 22.8 Å². The molecule has 4 heteroatoms. The summed E-state index contributed by atoms with van der Waals surface area (Å²) in [5, 5.41) is 12.1. The Hall–Kier alpha value is -1.71. The molecule has 0 aromatic heterocycles. The number of benzene rings is 1. The van der Waals surface area contributed by atoms with Gasteiger partial charge in [-0.25, -0.2) is 4.79 Å². The number of aromatic hydroxyl groups is 1. The first-order valence-electron chi connectivity index (χ1n) is 6.57. The van der Waals surface area contributed by atoms with Crippen LogP contribution in [0.4, 0.5) is 4.79 Å². The lowest BCUT2D eigenvalue weighted by Gasteiger charge is -2.23. The van der Waals surface area contributed by atoms with Gasteiger partial charge in [0.05, 0.1) is 0 Å². The van der Waals surface area contributed by atoms with Gasteiger partial charge in [-0.3, -0.25) is 0 Å². The summed E-state index contributed by atoms with van der Waals surface area (Å²) >= 11 is 0. The normalized spacial score (nSPS) is 12.8. The Balaban J connectivity index is 2.54. The quantitative estimate of drug-likeness (QED) is 0.878. The van der Waals surface area contributed by atoms with Crippen molar-refractivity contribution in [2.24, 2.45) is 0 Å². The second-order valence-corrected chi connectivity index (χ2v) is 5.62. The van der Waals surface area contributed by atoms with Gasteiger partial charge in [0, 0.05) is 6.04 Å². The molecule has 19 heavy (non-hydrogen) atoms. The summed E-state index contributed by atoms with van der Waals surface area (Å²) in [6.45, 7) is 7.54. The van der Waals surface area contributed by atoms with Crippen molar-refractivity contribution in [2.45, 2.75) is 52.2 Å². The van der Waals surface area contributed by atoms with Gasteiger partial charge >= 0.3 is 6.09 Å². The highest BCUT2D eigenvalue weighted by atomic mass is 16.6. The zero-order valence-electron chi connectivity index (χ0n) is 12.1. The van der Waals surface area contributed by atoms with Gasteiger partial charge in [0.1, 0.15) is 11.4 Å². The number of ether oxygens (including phenoxy) is 1. The van der Waals surface area contributed by atoms with Gasteiger partial charge in [0.25, 0.3) is 0 Å². The predicted octanol–water partition coefficient (Wildman–Crippen LogP) is 3.24. The molecule has 0 aliphatic rings. The zero-order chi connectivity index (χ0) is 14.5. The number of carbonyl (C=O) groups excluding carboxylic acids is 1. The highest BCUT2D eigenvalue weighted by molar-refractivity contribution is 5.68. The summed E-state index contributed by atoms with van der Waals surface area (Å²) in [6.07, 6.45) is 1.15. The Labute approximate surface area is 114 Å². The molecule has 1 unspecified atom stereocenters. The van der Waals surface area contributed by atoms with Crippen molar-refractivity contribution in [3.63, 3.8) is 0 Å². The maximum absolute atomic E-state index is 11.7. The molecular formula is C15H23NO3. The molecule has 0 aliphatic heterocycles. The molecule has 1 aromatic carbocycles. The van der Waals surface area contributed by atoms with E-state index in [0.717, 1.165) is 18.4 Å². The average molecular weight is 265 g/mol. The van der Waals surface area contributed by atoms with Gasteiger partial charge < -0.3 is 15.2 Å². The molecule has 0 saturated carbocycles. The number of hydrogen-bond acceptors (Lipinski definition) is 3. The molecule has 0 spiro atoms. The van der Waals surface area contributed by atoms with E-state index in [0.29, 0.717) is 0 Å². The first-order chi connectivity index (χ1) is 8.80. The monoisotopic (exact) mass is 265 g/mol. The molecule has 0 radical (unpaired) electrons. The largest absolute Gasteiger partial charge is 0.508 e. The van der Waals surface area contributed by atoms with Crippen LogP contribution in [0.2, 0.25) is 0 Å². The molecule has 1 aromatic rings. The lowest BCUT2D eigenvalue weighted by Crippen LogP contribution is -2.39. The maximum Gasteiger partial charge on any atom is 0.407 e. The first kappa shape index (κ1) is 15.3. The molecule has 0 fully saturated rings. The van der Waals surface area contributed by atoms with Crippen LogP contribution < -0.4 is 5.32 Å². The highest BCUT2D eigenvalue weighted by Gasteiger charge is 2.18. The maximum atomic E-state index is 11.7. The van der Waals surface area contributed by atoms with Crippen LogP contribution in [-0.2, 0) is 11.2 Å². The van der Waals surface area contributed by atoms with Crippen LogP contribution in [0, 0.1) is 0 Å². The van der Waals surface area contributed by atoms with E-state index in [1.807, 2.05) is 39.8 Å². The van der Waals surface area contributed by atoms with Crippen molar-refractivity contribution in [2.75, 3.05) is 0 Å². The van der Waals surface area contributed by atoms with Gasteiger partial charge in [0.15, 0.2) is 0 Å². The fourth-order valence-corrected chi connectivity index (χ4v) is 1.69. The molecule has 1 atom stereocenters. The zero-order valence-corrected chi connectivity index (χ0v) is 12.1. The summed E-state index contributed by atoms with van der Waals surface area (Å²) in [5.41, 5.74) is 0.585. The second kappa shape index (κ2) is 6.45. The number of phenols is 1. The molecule has 1 amide bonds. The summed E-state index contributed by atoms with van der Waals surface area (Å²) in [4.78, 5) is 11.7. The van der Waals surface area contributed by atoms with Gasteiger partial charge in [-0.1, -0.05) is 19.1 Å². The average Bonchev–Trinajstić information content (AvgIpc) is 2.28. The number of carbonyl (C=O) groups is 1. The highest BCUT2D eigenvalue weighted by Crippen LogP contribution is 2.13. The van der Waals surface area contributed by atoms with Gasteiger partial charge in [-0.05, 0) is 51.3 Å². The SMILES string of the molecule is CCC(Cc1ccc(O)cc1)NC(=O)OC(C)(C)C. The Kier molecular flexibility index (Phi) is 5.21. The third-order valence-corrected chi connectivity index (χ3v) is 2.63. The Morgan fingerprint density at radius 1 is 1.32 bits per heavy atom. The lowest BCUT2D eigenvalue weighted by atomic mass is 10.0. The number of amides is 1. The standard InChI is InChI=1S/C15H23NO3/c1-5-12(16-14(18)19-15(2,3)4)10-11-6-8-13(17)9-7-11/h6-9,12,17H,5,10H2,1-4H3,(H,16,18). The Morgan fingerprint density at radius 3 is 2.37 bits per heavy atom. The minimum absolute atomic E-state index is 0.0272. The van der Waals surface area contributed by atoms with E-state index in [2.05, 4.69) is 5.32 Å². The van der Waals surface area contributed by atoms with Crippen LogP contribution >= 0.6 is 0 Å². The van der Waals surface area contributed by atoms with Gasteiger partial charge in [-0.2, -0.15) is 0 Å². The van der Waals surface area contributed by atoms with Crippen LogP contribution in [0.15, 0.2) is 24.3 Å². The van der Waals surface area contributed by atoms with Crippen molar-refractivity contribution in [3.8, 4) is 5.75 Å². The van der Waals surface area contributed by atoms with Gasteiger partial charge in [0.2, 0.25) is 0 Å². The summed E-state index contributed by atoms with van der Waals surface area (Å²) in [6, 6.07) is 7.04. The number of rotatable bonds is 4. The van der Waals surface area contributed by atoms with E-state index in [1.54, 1.807) is 12.1 Å². The molecule has 0 heterocycles. The van der Waals surface area contributed by atoms with Crippen LogP contribution in [0.5, 0.6) is 5.75 Å². The lowest BCUT2D eigenvalue weighted by molar-refractivity contribution is 0.0503. The van der Waals surface area contributed by atoms with Gasteiger partial charge in [-0.15, -0.1) is 0 Å². The predicted molar refractivity (Wildman–Crippen MR) is 75.3 cm³/mol. The number of hydrogen-bond donors (Lipinski definition) is 2. The van der Waals surface area contributed by atoms with E-state index in [-0.39, 0.29) is 11.8 Å². The molecule has 0 saturated heterocycles. The molecule has 0 bridgehead atoms. The van der Waals surface area contributed by atoms with E-state index in [9.17, 15) is 9.90 Å². The fourth-order valence-electron chi connectivity index (χ4n) is 1.69. The topological polar surface area (TPSA) is 58.6 Å². The molecule has 0 aliphatic carbocycles. The van der Waals surface area contributed by atoms with Crippen molar-refractivity contribution in [1.29, 1.82) is 0 Å². The first-order valence-corrected chi connectivity index (χ1v) is 6.57. The molecular weight excluding hydrogens is 242 g/mol. The minimum Gasteiger partial charge on any atom is -0.508 e. The van der Waals surface area contributed by atoms with Crippen LogP contribution in [0.3, 0.4) is 0 Å². The van der Waals surface area contributed by atoms with Crippen LogP contribution in [0.1, 0.15) is 39.7 Å². The van der Waals surface area contributed by atoms with Crippen molar-refractivity contribution >= 4 is 6.09 Å². The summed E-state index contributed by atoms with van der Waals surface area (Å²) in [5.74, 6) is 0.247. The van der Waals surface area contributed by atoms with Crippen LogP contribution in [0.25, 0.3) is 0 Å². The van der Waals surface area contributed by atoms with E-state index < -0.39 is 11.7 Å². The minimum atomic E-state index is -0.485. The van der Waals surface area contributed by atoms with Crippen molar-refractivity contribution in [1.82, 2.24) is 5.32 Å². The molecule has 4 nitrogen and oxygen atoms in total.